The molecule has 3 heteroatoms. The van der Waals surface area contributed by atoms with Gasteiger partial charge in [0.2, 0.25) is 5.91 Å². The number of benzene rings is 1. The molecule has 0 N–H and O–H groups in total. The summed E-state index contributed by atoms with van der Waals surface area (Å²) < 4.78 is 4.98. The number of anilines is 1. The highest BCUT2D eigenvalue weighted by Gasteiger charge is 2.11. The predicted molar refractivity (Wildman–Crippen MR) is 56.2 cm³/mol. The van der Waals surface area contributed by atoms with Crippen molar-refractivity contribution in [2.45, 2.75) is 13.8 Å². The Kier molecular flexibility index (Phi) is 3.65. The molecule has 1 aromatic rings. The normalized spacial score (nSPS) is 9.93. The maximum absolute atomic E-state index is 11.3. The summed E-state index contributed by atoms with van der Waals surface area (Å²) in [6.07, 6.45) is 0. The summed E-state index contributed by atoms with van der Waals surface area (Å²) in [4.78, 5) is 12.9. The second-order valence-corrected chi connectivity index (χ2v) is 3.15. The molecule has 1 amide bonds. The van der Waals surface area contributed by atoms with Crippen LogP contribution in [-0.4, -0.2) is 19.7 Å². The largest absolute Gasteiger partial charge is 0.364 e. The van der Waals surface area contributed by atoms with Crippen LogP contribution in [0.15, 0.2) is 24.3 Å². The summed E-state index contributed by atoms with van der Waals surface area (Å²) in [6.45, 7) is 3.80. The molecule has 0 saturated heterocycles. The number of amides is 1. The molecule has 3 nitrogen and oxygen atoms in total. The average Bonchev–Trinajstić information content (AvgIpc) is 2.15. The molecular formula is C11H15NO2. The fraction of sp³-hybridized carbons (Fsp3) is 0.364. The highest BCUT2D eigenvalue weighted by molar-refractivity contribution is 5.91. The SMILES string of the molecule is COCN(C(C)=O)c1ccccc1C. The third-order valence-corrected chi connectivity index (χ3v) is 2.04. The van der Waals surface area contributed by atoms with Crippen molar-refractivity contribution in [3.8, 4) is 0 Å². The van der Waals surface area contributed by atoms with E-state index in [1.54, 1.807) is 12.0 Å². The molecule has 1 rings (SSSR count). The zero-order chi connectivity index (χ0) is 10.6. The van der Waals surface area contributed by atoms with Gasteiger partial charge in [-0.3, -0.25) is 9.69 Å². The van der Waals surface area contributed by atoms with E-state index in [0.29, 0.717) is 6.73 Å². The molecule has 1 aromatic carbocycles. The van der Waals surface area contributed by atoms with E-state index in [4.69, 9.17) is 4.74 Å². The molecule has 0 heterocycles. The number of carbonyl (C=O) groups is 1. The molecule has 0 atom stereocenters. The second kappa shape index (κ2) is 4.77. The fourth-order valence-corrected chi connectivity index (χ4v) is 1.33. The molecule has 0 fully saturated rings. The Labute approximate surface area is 84.3 Å². The van der Waals surface area contributed by atoms with Gasteiger partial charge in [0.05, 0.1) is 0 Å². The van der Waals surface area contributed by atoms with E-state index in [0.717, 1.165) is 11.3 Å². The summed E-state index contributed by atoms with van der Waals surface area (Å²) in [7, 11) is 1.58. The van der Waals surface area contributed by atoms with E-state index >= 15 is 0 Å². The number of aryl methyl sites for hydroxylation is 1. The van der Waals surface area contributed by atoms with Gasteiger partial charge < -0.3 is 4.74 Å². The molecule has 76 valence electrons. The van der Waals surface area contributed by atoms with Crippen LogP contribution in [0.25, 0.3) is 0 Å². The lowest BCUT2D eigenvalue weighted by atomic mass is 10.2. The summed E-state index contributed by atoms with van der Waals surface area (Å²) >= 11 is 0. The third-order valence-electron chi connectivity index (χ3n) is 2.04. The molecule has 0 aliphatic carbocycles. The second-order valence-electron chi connectivity index (χ2n) is 3.15. The predicted octanol–water partition coefficient (Wildman–Crippen LogP) is 1.95. The number of rotatable bonds is 3. The Morgan fingerprint density at radius 1 is 1.43 bits per heavy atom. The van der Waals surface area contributed by atoms with Crippen LogP contribution in [0.1, 0.15) is 12.5 Å². The van der Waals surface area contributed by atoms with E-state index in [9.17, 15) is 4.79 Å². The monoisotopic (exact) mass is 193 g/mol. The van der Waals surface area contributed by atoms with Gasteiger partial charge in [0.15, 0.2) is 0 Å². The number of hydrogen-bond acceptors (Lipinski definition) is 2. The van der Waals surface area contributed by atoms with Crippen LogP contribution in [0.3, 0.4) is 0 Å². The van der Waals surface area contributed by atoms with Crippen molar-refractivity contribution in [3.05, 3.63) is 29.8 Å². The molecule has 0 spiro atoms. The Morgan fingerprint density at radius 2 is 2.07 bits per heavy atom. The molecule has 0 aliphatic heterocycles. The summed E-state index contributed by atoms with van der Waals surface area (Å²) in [5.41, 5.74) is 1.97. The van der Waals surface area contributed by atoms with E-state index in [1.807, 2.05) is 31.2 Å². The van der Waals surface area contributed by atoms with Crippen LogP contribution >= 0.6 is 0 Å². The van der Waals surface area contributed by atoms with E-state index in [2.05, 4.69) is 0 Å². The molecule has 0 radical (unpaired) electrons. The van der Waals surface area contributed by atoms with Crippen molar-refractivity contribution >= 4 is 11.6 Å². The summed E-state index contributed by atoms with van der Waals surface area (Å²) in [6, 6.07) is 7.74. The Balaban J connectivity index is 2.99. The Hall–Kier alpha value is -1.35. The number of hydrogen-bond donors (Lipinski definition) is 0. The first kappa shape index (κ1) is 10.7. The van der Waals surface area contributed by atoms with E-state index in [1.165, 1.54) is 6.92 Å². The molecule has 0 unspecified atom stereocenters. The standard InChI is InChI=1S/C11H15NO2/c1-9-6-4-5-7-11(9)12(8-14-3)10(2)13/h4-7H,8H2,1-3H3. The van der Waals surface area contributed by atoms with Crippen LogP contribution in [0.2, 0.25) is 0 Å². The Morgan fingerprint density at radius 3 is 2.57 bits per heavy atom. The van der Waals surface area contributed by atoms with Gasteiger partial charge in [0.25, 0.3) is 0 Å². The van der Waals surface area contributed by atoms with Gasteiger partial charge >= 0.3 is 0 Å². The highest BCUT2D eigenvalue weighted by Crippen LogP contribution is 2.19. The lowest BCUT2D eigenvalue weighted by Crippen LogP contribution is -2.30. The third kappa shape index (κ3) is 2.33. The number of ether oxygens (including phenoxy) is 1. The maximum Gasteiger partial charge on any atom is 0.225 e. The van der Waals surface area contributed by atoms with E-state index in [-0.39, 0.29) is 5.91 Å². The fourth-order valence-electron chi connectivity index (χ4n) is 1.33. The van der Waals surface area contributed by atoms with Crippen molar-refractivity contribution in [3.63, 3.8) is 0 Å². The van der Waals surface area contributed by atoms with Gasteiger partial charge in [0, 0.05) is 19.7 Å². The lowest BCUT2D eigenvalue weighted by molar-refractivity contribution is -0.117. The van der Waals surface area contributed by atoms with Gasteiger partial charge in [-0.05, 0) is 18.6 Å². The Bertz CT molecular complexity index is 323. The minimum Gasteiger partial charge on any atom is -0.364 e. The van der Waals surface area contributed by atoms with E-state index < -0.39 is 0 Å². The molecule has 0 saturated carbocycles. The van der Waals surface area contributed by atoms with Crippen LogP contribution < -0.4 is 4.90 Å². The topological polar surface area (TPSA) is 29.5 Å². The first-order valence-corrected chi connectivity index (χ1v) is 4.49. The lowest BCUT2D eigenvalue weighted by Gasteiger charge is -2.21. The highest BCUT2D eigenvalue weighted by atomic mass is 16.5. The molecule has 0 aliphatic rings. The van der Waals surface area contributed by atoms with Crippen LogP contribution in [0, 0.1) is 6.92 Å². The van der Waals surface area contributed by atoms with Crippen LogP contribution in [-0.2, 0) is 9.53 Å². The quantitative estimate of drug-likeness (QED) is 0.687. The zero-order valence-electron chi connectivity index (χ0n) is 8.78. The number of nitrogens with zero attached hydrogens (tertiary/aromatic N) is 1. The van der Waals surface area contributed by atoms with Gasteiger partial charge in [-0.15, -0.1) is 0 Å². The minimum absolute atomic E-state index is 0.0128. The van der Waals surface area contributed by atoms with Crippen LogP contribution in [0.5, 0.6) is 0 Å². The first-order chi connectivity index (χ1) is 6.66. The minimum atomic E-state index is -0.0128. The number of para-hydroxylation sites is 1. The number of carbonyl (C=O) groups excluding carboxylic acids is 1. The van der Waals surface area contributed by atoms with Gasteiger partial charge in [-0.1, -0.05) is 18.2 Å². The number of methoxy groups -OCH3 is 1. The molecule has 0 bridgehead atoms. The molecule has 14 heavy (non-hydrogen) atoms. The molecular weight excluding hydrogens is 178 g/mol. The molecule has 0 aromatic heterocycles. The maximum atomic E-state index is 11.3. The van der Waals surface area contributed by atoms with Gasteiger partial charge in [0.1, 0.15) is 6.73 Å². The smallest absolute Gasteiger partial charge is 0.225 e. The van der Waals surface area contributed by atoms with Crippen molar-refractivity contribution in [2.75, 3.05) is 18.7 Å². The summed E-state index contributed by atoms with van der Waals surface area (Å²) in [5.74, 6) is -0.0128. The van der Waals surface area contributed by atoms with Crippen molar-refractivity contribution in [2.24, 2.45) is 0 Å². The van der Waals surface area contributed by atoms with Gasteiger partial charge in [-0.25, -0.2) is 0 Å². The van der Waals surface area contributed by atoms with Crippen LogP contribution in [0.4, 0.5) is 5.69 Å². The first-order valence-electron chi connectivity index (χ1n) is 4.49. The summed E-state index contributed by atoms with van der Waals surface area (Å²) in [5, 5.41) is 0. The van der Waals surface area contributed by atoms with Crippen molar-refractivity contribution < 1.29 is 9.53 Å². The van der Waals surface area contributed by atoms with Crippen molar-refractivity contribution in [1.82, 2.24) is 0 Å². The van der Waals surface area contributed by atoms with Crippen molar-refractivity contribution in [1.29, 1.82) is 0 Å². The van der Waals surface area contributed by atoms with Gasteiger partial charge in [-0.2, -0.15) is 0 Å². The average molecular weight is 193 g/mol. The zero-order valence-corrected chi connectivity index (χ0v) is 8.78.